The molecule has 3 heterocycles. The zero-order valence-electron chi connectivity index (χ0n) is 15.9. The van der Waals surface area contributed by atoms with Crippen LogP contribution in [0.2, 0.25) is 0 Å². The number of nitrogens with zero attached hydrogens (tertiary/aromatic N) is 3. The second-order valence-electron chi connectivity index (χ2n) is 7.46. The van der Waals surface area contributed by atoms with Gasteiger partial charge in [-0.05, 0) is 51.3 Å². The fourth-order valence-electron chi connectivity index (χ4n) is 3.91. The van der Waals surface area contributed by atoms with Crippen LogP contribution in [-0.4, -0.2) is 41.3 Å². The molecule has 6 heteroatoms. The second kappa shape index (κ2) is 7.43. The van der Waals surface area contributed by atoms with Crippen LogP contribution in [0.4, 0.5) is 5.69 Å². The molecule has 1 aromatic heterocycles. The molecule has 0 unspecified atom stereocenters. The van der Waals surface area contributed by atoms with Crippen molar-refractivity contribution < 1.29 is 9.59 Å². The van der Waals surface area contributed by atoms with E-state index in [2.05, 4.69) is 13.8 Å². The van der Waals surface area contributed by atoms with Crippen molar-refractivity contribution in [1.82, 2.24) is 9.88 Å². The summed E-state index contributed by atoms with van der Waals surface area (Å²) in [6.07, 6.45) is 3.41. The normalized spacial score (nSPS) is 18.4. The number of hydrogen-bond donors (Lipinski definition) is 0. The Morgan fingerprint density at radius 3 is 2.59 bits per heavy atom. The highest BCUT2D eigenvalue weighted by Gasteiger charge is 2.27. The Morgan fingerprint density at radius 1 is 1.19 bits per heavy atom. The third-order valence-electron chi connectivity index (χ3n) is 5.65. The molecule has 5 nitrogen and oxygen atoms in total. The van der Waals surface area contributed by atoms with Crippen LogP contribution in [0.1, 0.15) is 57.5 Å². The maximum atomic E-state index is 13.0. The number of benzene rings is 1. The minimum atomic E-state index is 0.0634. The summed E-state index contributed by atoms with van der Waals surface area (Å²) in [5.41, 5.74) is 2.64. The molecule has 0 bridgehead atoms. The Bertz CT molecular complexity index is 849. The Hall–Kier alpha value is -2.21. The summed E-state index contributed by atoms with van der Waals surface area (Å²) in [5, 5.41) is 1.21. The van der Waals surface area contributed by atoms with E-state index in [-0.39, 0.29) is 11.8 Å². The standard InChI is InChI=1S/C21H25N3O2S/c1-14-15(2)27-20(22-14)16-8-11-23(12-9-16)21(26)17-5-3-6-18(13-17)24-10-4-7-19(24)25/h3,5-6,13,16H,4,7-12H2,1-2H3. The number of rotatable bonds is 3. The van der Waals surface area contributed by atoms with Crippen LogP contribution < -0.4 is 4.90 Å². The van der Waals surface area contributed by atoms with Crippen LogP contribution >= 0.6 is 11.3 Å². The van der Waals surface area contributed by atoms with Crippen LogP contribution in [0.5, 0.6) is 0 Å². The van der Waals surface area contributed by atoms with Gasteiger partial charge in [-0.25, -0.2) is 4.98 Å². The van der Waals surface area contributed by atoms with Crippen molar-refractivity contribution in [3.8, 4) is 0 Å². The third-order valence-corrected chi connectivity index (χ3v) is 6.89. The van der Waals surface area contributed by atoms with Gasteiger partial charge in [0.2, 0.25) is 5.91 Å². The fourth-order valence-corrected chi connectivity index (χ4v) is 5.00. The largest absolute Gasteiger partial charge is 0.339 e. The number of aromatic nitrogens is 1. The molecule has 2 fully saturated rings. The predicted octanol–water partition coefficient (Wildman–Crippen LogP) is 3.91. The predicted molar refractivity (Wildman–Crippen MR) is 107 cm³/mol. The van der Waals surface area contributed by atoms with E-state index in [1.54, 1.807) is 16.2 Å². The van der Waals surface area contributed by atoms with Crippen LogP contribution in [0.25, 0.3) is 0 Å². The van der Waals surface area contributed by atoms with E-state index in [9.17, 15) is 9.59 Å². The number of carbonyl (C=O) groups is 2. The van der Waals surface area contributed by atoms with Gasteiger partial charge in [0.25, 0.3) is 5.91 Å². The van der Waals surface area contributed by atoms with Gasteiger partial charge in [0.05, 0.1) is 10.7 Å². The number of thiazole rings is 1. The van der Waals surface area contributed by atoms with Gasteiger partial charge in [-0.2, -0.15) is 0 Å². The first kappa shape index (κ1) is 18.2. The molecule has 0 spiro atoms. The van der Waals surface area contributed by atoms with Crippen molar-refractivity contribution in [2.45, 2.75) is 45.4 Å². The maximum absolute atomic E-state index is 13.0. The summed E-state index contributed by atoms with van der Waals surface area (Å²) in [4.78, 5) is 34.7. The summed E-state index contributed by atoms with van der Waals surface area (Å²) in [6, 6.07) is 7.51. The molecule has 142 valence electrons. The molecule has 2 aromatic rings. The minimum absolute atomic E-state index is 0.0634. The van der Waals surface area contributed by atoms with Crippen molar-refractivity contribution in [3.05, 3.63) is 45.4 Å². The van der Waals surface area contributed by atoms with Crippen molar-refractivity contribution in [1.29, 1.82) is 0 Å². The first-order valence-corrected chi connectivity index (χ1v) is 10.5. The van der Waals surface area contributed by atoms with Gasteiger partial charge < -0.3 is 9.80 Å². The monoisotopic (exact) mass is 383 g/mol. The SMILES string of the molecule is Cc1nc(C2CCN(C(=O)c3cccc(N4CCCC4=O)c3)CC2)sc1C. The second-order valence-corrected chi connectivity index (χ2v) is 8.69. The van der Waals surface area contributed by atoms with Crippen molar-refractivity contribution >= 4 is 28.8 Å². The molecule has 2 saturated heterocycles. The summed E-state index contributed by atoms with van der Waals surface area (Å²) in [6.45, 7) is 6.44. The molecule has 2 aliphatic rings. The average molecular weight is 384 g/mol. The molecule has 4 rings (SSSR count). The smallest absolute Gasteiger partial charge is 0.253 e. The van der Waals surface area contributed by atoms with Gasteiger partial charge in [0, 0.05) is 48.1 Å². The summed E-state index contributed by atoms with van der Waals surface area (Å²) in [5.74, 6) is 0.669. The Morgan fingerprint density at radius 2 is 1.96 bits per heavy atom. The van der Waals surface area contributed by atoms with Crippen LogP contribution in [-0.2, 0) is 4.79 Å². The van der Waals surface area contributed by atoms with Crippen molar-refractivity contribution in [2.24, 2.45) is 0 Å². The van der Waals surface area contributed by atoms with Gasteiger partial charge in [-0.15, -0.1) is 11.3 Å². The number of hydrogen-bond acceptors (Lipinski definition) is 4. The Balaban J connectivity index is 1.43. The van der Waals surface area contributed by atoms with Gasteiger partial charge in [-0.3, -0.25) is 9.59 Å². The molecule has 2 amide bonds. The highest BCUT2D eigenvalue weighted by atomic mass is 32.1. The molecular formula is C21H25N3O2S. The van der Waals surface area contributed by atoms with E-state index in [4.69, 9.17) is 4.98 Å². The van der Waals surface area contributed by atoms with Crippen LogP contribution in [0, 0.1) is 13.8 Å². The maximum Gasteiger partial charge on any atom is 0.253 e. The lowest BCUT2D eigenvalue weighted by atomic mass is 9.97. The van der Waals surface area contributed by atoms with Crippen LogP contribution in [0.15, 0.2) is 24.3 Å². The molecule has 27 heavy (non-hydrogen) atoms. The molecule has 2 aliphatic heterocycles. The van der Waals surface area contributed by atoms with E-state index in [1.165, 1.54) is 9.88 Å². The molecule has 0 N–H and O–H groups in total. The highest BCUT2D eigenvalue weighted by Crippen LogP contribution is 2.33. The zero-order valence-corrected chi connectivity index (χ0v) is 16.7. The van der Waals surface area contributed by atoms with E-state index in [0.29, 0.717) is 17.9 Å². The molecule has 0 saturated carbocycles. The number of likely N-dealkylation sites (tertiary alicyclic amines) is 1. The molecule has 0 radical (unpaired) electrons. The zero-order chi connectivity index (χ0) is 19.0. The Labute approximate surface area is 164 Å². The third kappa shape index (κ3) is 3.63. The summed E-state index contributed by atoms with van der Waals surface area (Å²) >= 11 is 1.79. The fraction of sp³-hybridized carbons (Fsp3) is 0.476. The number of piperidine rings is 1. The van der Waals surface area contributed by atoms with Gasteiger partial charge in [-0.1, -0.05) is 6.07 Å². The first-order valence-electron chi connectivity index (χ1n) is 9.66. The highest BCUT2D eigenvalue weighted by molar-refractivity contribution is 7.11. The lowest BCUT2D eigenvalue weighted by Gasteiger charge is -2.31. The van der Waals surface area contributed by atoms with Crippen LogP contribution in [0.3, 0.4) is 0 Å². The van der Waals surface area contributed by atoms with E-state index in [0.717, 1.165) is 50.3 Å². The van der Waals surface area contributed by atoms with Crippen molar-refractivity contribution in [2.75, 3.05) is 24.5 Å². The van der Waals surface area contributed by atoms with Crippen molar-refractivity contribution in [3.63, 3.8) is 0 Å². The van der Waals surface area contributed by atoms with E-state index in [1.807, 2.05) is 29.2 Å². The minimum Gasteiger partial charge on any atom is -0.339 e. The first-order chi connectivity index (χ1) is 13.0. The number of amides is 2. The summed E-state index contributed by atoms with van der Waals surface area (Å²) in [7, 11) is 0. The quantitative estimate of drug-likeness (QED) is 0.808. The van der Waals surface area contributed by atoms with Gasteiger partial charge in [0.1, 0.15) is 0 Å². The van der Waals surface area contributed by atoms with Gasteiger partial charge >= 0.3 is 0 Å². The number of anilines is 1. The lowest BCUT2D eigenvalue weighted by Crippen LogP contribution is -2.38. The van der Waals surface area contributed by atoms with E-state index < -0.39 is 0 Å². The average Bonchev–Trinajstić information content (AvgIpc) is 3.27. The molecule has 1 aromatic carbocycles. The van der Waals surface area contributed by atoms with Gasteiger partial charge in [0.15, 0.2) is 0 Å². The Kier molecular flexibility index (Phi) is 5.00. The van der Waals surface area contributed by atoms with E-state index >= 15 is 0 Å². The number of carbonyl (C=O) groups excluding carboxylic acids is 2. The lowest BCUT2D eigenvalue weighted by molar-refractivity contribution is -0.117. The topological polar surface area (TPSA) is 53.5 Å². The summed E-state index contributed by atoms with van der Waals surface area (Å²) < 4.78 is 0. The molecular weight excluding hydrogens is 358 g/mol. The number of aryl methyl sites for hydroxylation is 2. The molecule has 0 atom stereocenters. The molecule has 0 aliphatic carbocycles.